The molecular weight excluding hydrogens is 372 g/mol. The fourth-order valence-corrected chi connectivity index (χ4v) is 4.04. The number of Topliss-reactive ketones (excluding diaryl/α,β-unsaturated/α-hetero) is 1. The fraction of sp³-hybridized carbons (Fsp3) is 0.217. The summed E-state index contributed by atoms with van der Waals surface area (Å²) in [4.78, 5) is 26.4. The number of hydrogen-bond donors (Lipinski definition) is 0. The van der Waals surface area contributed by atoms with Gasteiger partial charge in [-0.3, -0.25) is 9.59 Å². The number of esters is 1. The van der Waals surface area contributed by atoms with Crippen molar-refractivity contribution in [2.24, 2.45) is 0 Å². The van der Waals surface area contributed by atoms with Crippen LogP contribution in [0.2, 0.25) is 0 Å². The first kappa shape index (κ1) is 19.8. The average Bonchev–Trinajstić information content (AvgIpc) is 3.13. The van der Waals surface area contributed by atoms with Crippen molar-refractivity contribution in [1.82, 2.24) is 0 Å². The maximum atomic E-state index is 12.8. The van der Waals surface area contributed by atoms with Gasteiger partial charge in [0.25, 0.3) is 0 Å². The molecule has 0 aliphatic carbocycles. The number of carbonyl (C=O) groups excluding carboxylic acids is 2. The monoisotopic (exact) mass is 394 g/mol. The highest BCUT2D eigenvalue weighted by molar-refractivity contribution is 7.17. The molecular formula is C23H22O4S. The van der Waals surface area contributed by atoms with Gasteiger partial charge in [0.2, 0.25) is 0 Å². The summed E-state index contributed by atoms with van der Waals surface area (Å²) >= 11 is 1.42. The molecule has 5 heteroatoms. The predicted octanol–water partition coefficient (Wildman–Crippen LogP) is 4.95. The molecule has 2 aromatic carbocycles. The molecule has 0 atom stereocenters. The van der Waals surface area contributed by atoms with E-state index in [0.29, 0.717) is 17.9 Å². The van der Waals surface area contributed by atoms with Gasteiger partial charge in [-0.25, -0.2) is 0 Å². The number of carbonyl (C=O) groups is 2. The van der Waals surface area contributed by atoms with E-state index in [9.17, 15) is 9.59 Å². The summed E-state index contributed by atoms with van der Waals surface area (Å²) in [6.07, 6.45) is 0.479. The van der Waals surface area contributed by atoms with Gasteiger partial charge in [0, 0.05) is 11.3 Å². The Hall–Kier alpha value is -2.92. The molecule has 1 aromatic heterocycles. The SMILES string of the molecule is CCOC(=O)Cc1cc(C(=O)Cc2ccccc2)sc1-c1ccc(OC)cc1. The van der Waals surface area contributed by atoms with Gasteiger partial charge in [-0.1, -0.05) is 30.3 Å². The number of hydrogen-bond acceptors (Lipinski definition) is 5. The zero-order chi connectivity index (χ0) is 19.9. The Bertz CT molecular complexity index is 942. The third-order valence-corrected chi connectivity index (χ3v) is 5.55. The largest absolute Gasteiger partial charge is 0.497 e. The van der Waals surface area contributed by atoms with Crippen LogP contribution in [0.5, 0.6) is 5.75 Å². The van der Waals surface area contributed by atoms with Crippen LogP contribution in [-0.2, 0) is 22.4 Å². The first-order valence-electron chi connectivity index (χ1n) is 9.10. The molecule has 3 aromatic rings. The normalized spacial score (nSPS) is 10.5. The Kier molecular flexibility index (Phi) is 6.61. The van der Waals surface area contributed by atoms with E-state index >= 15 is 0 Å². The molecule has 0 bridgehead atoms. The van der Waals surface area contributed by atoms with E-state index in [0.717, 1.165) is 27.3 Å². The van der Waals surface area contributed by atoms with Gasteiger partial charge in [0.1, 0.15) is 5.75 Å². The lowest BCUT2D eigenvalue weighted by atomic mass is 10.0. The molecule has 144 valence electrons. The van der Waals surface area contributed by atoms with Crippen molar-refractivity contribution >= 4 is 23.1 Å². The lowest BCUT2D eigenvalue weighted by Crippen LogP contribution is -2.07. The van der Waals surface area contributed by atoms with Crippen molar-refractivity contribution in [3.63, 3.8) is 0 Å². The summed E-state index contributed by atoms with van der Waals surface area (Å²) in [5.41, 5.74) is 2.73. The highest BCUT2D eigenvalue weighted by atomic mass is 32.1. The molecule has 0 fully saturated rings. The number of methoxy groups -OCH3 is 1. The maximum absolute atomic E-state index is 12.8. The van der Waals surface area contributed by atoms with E-state index in [1.54, 1.807) is 14.0 Å². The zero-order valence-electron chi connectivity index (χ0n) is 15.9. The quantitative estimate of drug-likeness (QED) is 0.400. The fourth-order valence-electron chi connectivity index (χ4n) is 2.92. The van der Waals surface area contributed by atoms with Crippen molar-refractivity contribution in [3.8, 4) is 16.2 Å². The second-order valence-electron chi connectivity index (χ2n) is 6.26. The van der Waals surface area contributed by atoms with Crippen LogP contribution in [0.4, 0.5) is 0 Å². The van der Waals surface area contributed by atoms with Crippen LogP contribution in [0.25, 0.3) is 10.4 Å². The van der Waals surface area contributed by atoms with Gasteiger partial charge in [-0.05, 0) is 53.9 Å². The van der Waals surface area contributed by atoms with Crippen LogP contribution in [0.15, 0.2) is 60.7 Å². The third-order valence-electron chi connectivity index (χ3n) is 4.28. The summed E-state index contributed by atoms with van der Waals surface area (Å²) in [7, 11) is 1.62. The Morgan fingerprint density at radius 2 is 1.68 bits per heavy atom. The molecule has 0 aliphatic rings. The van der Waals surface area contributed by atoms with Crippen LogP contribution in [0, 0.1) is 0 Å². The van der Waals surface area contributed by atoms with Crippen LogP contribution in [0.1, 0.15) is 27.7 Å². The lowest BCUT2D eigenvalue weighted by Gasteiger charge is -2.05. The lowest BCUT2D eigenvalue weighted by molar-refractivity contribution is -0.142. The number of ketones is 1. The maximum Gasteiger partial charge on any atom is 0.310 e. The molecule has 0 spiro atoms. The van der Waals surface area contributed by atoms with E-state index in [1.807, 2.05) is 60.7 Å². The summed E-state index contributed by atoms with van der Waals surface area (Å²) in [6, 6.07) is 19.1. The van der Waals surface area contributed by atoms with Crippen molar-refractivity contribution in [1.29, 1.82) is 0 Å². The molecule has 0 amide bonds. The van der Waals surface area contributed by atoms with E-state index in [2.05, 4.69) is 0 Å². The molecule has 0 unspecified atom stereocenters. The van der Waals surface area contributed by atoms with E-state index < -0.39 is 0 Å². The molecule has 0 saturated carbocycles. The minimum Gasteiger partial charge on any atom is -0.497 e. The minimum atomic E-state index is -0.294. The number of thiophene rings is 1. The first-order valence-corrected chi connectivity index (χ1v) is 9.92. The van der Waals surface area contributed by atoms with Crippen molar-refractivity contribution < 1.29 is 19.1 Å². The summed E-state index contributed by atoms with van der Waals surface area (Å²) in [5.74, 6) is 0.505. The van der Waals surface area contributed by atoms with Crippen molar-refractivity contribution in [2.75, 3.05) is 13.7 Å². The second kappa shape index (κ2) is 9.33. The molecule has 0 aliphatic heterocycles. The first-order chi connectivity index (χ1) is 13.6. The Labute approximate surface area is 168 Å². The standard InChI is InChI=1S/C23H22O4S/c1-3-27-22(25)15-18-14-21(20(24)13-16-7-5-4-6-8-16)28-23(18)17-9-11-19(26-2)12-10-17/h4-12,14H,3,13,15H2,1-2H3. The van der Waals surface area contributed by atoms with Gasteiger partial charge >= 0.3 is 5.97 Å². The molecule has 0 N–H and O–H groups in total. The number of benzene rings is 2. The molecule has 1 heterocycles. The average molecular weight is 394 g/mol. The Morgan fingerprint density at radius 1 is 0.964 bits per heavy atom. The molecule has 28 heavy (non-hydrogen) atoms. The van der Waals surface area contributed by atoms with E-state index in [1.165, 1.54) is 11.3 Å². The van der Waals surface area contributed by atoms with Crippen LogP contribution < -0.4 is 4.74 Å². The third kappa shape index (κ3) is 4.87. The predicted molar refractivity (Wildman–Crippen MR) is 111 cm³/mol. The van der Waals surface area contributed by atoms with Gasteiger partial charge in [-0.2, -0.15) is 0 Å². The van der Waals surface area contributed by atoms with Gasteiger partial charge in [-0.15, -0.1) is 11.3 Å². The van der Waals surface area contributed by atoms with Gasteiger partial charge in [0.15, 0.2) is 5.78 Å². The van der Waals surface area contributed by atoms with E-state index in [-0.39, 0.29) is 18.2 Å². The topological polar surface area (TPSA) is 52.6 Å². The van der Waals surface area contributed by atoms with Crippen LogP contribution >= 0.6 is 11.3 Å². The number of ether oxygens (including phenoxy) is 2. The van der Waals surface area contributed by atoms with Gasteiger partial charge < -0.3 is 9.47 Å². The highest BCUT2D eigenvalue weighted by Crippen LogP contribution is 2.35. The Balaban J connectivity index is 1.91. The highest BCUT2D eigenvalue weighted by Gasteiger charge is 2.19. The van der Waals surface area contributed by atoms with Crippen molar-refractivity contribution in [2.45, 2.75) is 19.8 Å². The molecule has 0 saturated heterocycles. The van der Waals surface area contributed by atoms with Crippen molar-refractivity contribution in [3.05, 3.63) is 76.7 Å². The Morgan fingerprint density at radius 3 is 2.32 bits per heavy atom. The summed E-state index contributed by atoms with van der Waals surface area (Å²) in [6.45, 7) is 2.12. The summed E-state index contributed by atoms with van der Waals surface area (Å²) < 4.78 is 10.3. The minimum absolute atomic E-state index is 0.0427. The van der Waals surface area contributed by atoms with Crippen LogP contribution in [-0.4, -0.2) is 25.5 Å². The smallest absolute Gasteiger partial charge is 0.310 e. The van der Waals surface area contributed by atoms with E-state index in [4.69, 9.17) is 9.47 Å². The second-order valence-corrected chi connectivity index (χ2v) is 7.31. The summed E-state index contributed by atoms with van der Waals surface area (Å²) in [5, 5.41) is 0. The molecule has 0 radical (unpaired) electrons. The molecule has 4 nitrogen and oxygen atoms in total. The zero-order valence-corrected chi connectivity index (χ0v) is 16.8. The number of rotatable bonds is 8. The molecule has 3 rings (SSSR count). The van der Waals surface area contributed by atoms with Crippen LogP contribution in [0.3, 0.4) is 0 Å². The van der Waals surface area contributed by atoms with Gasteiger partial charge in [0.05, 0.1) is 25.0 Å².